The second kappa shape index (κ2) is 7.45. The van der Waals surface area contributed by atoms with E-state index in [4.69, 9.17) is 9.47 Å². The molecule has 0 bridgehead atoms. The van der Waals surface area contributed by atoms with Crippen molar-refractivity contribution in [2.45, 2.75) is 6.29 Å². The third-order valence-electron chi connectivity index (χ3n) is 2.43. The molecule has 0 spiro atoms. The lowest BCUT2D eigenvalue weighted by atomic mass is 10.1. The molecule has 0 aliphatic carbocycles. The highest BCUT2D eigenvalue weighted by Crippen LogP contribution is 2.08. The van der Waals surface area contributed by atoms with Crippen molar-refractivity contribution >= 4 is 17.8 Å². The maximum Gasteiger partial charge on any atom is 0.337 e. The number of ether oxygens (including phenoxy) is 3. The quantitative estimate of drug-likeness (QED) is 0.444. The van der Waals surface area contributed by atoms with Crippen molar-refractivity contribution in [3.63, 3.8) is 0 Å². The largest absolute Gasteiger partial charge is 0.465 e. The van der Waals surface area contributed by atoms with Crippen molar-refractivity contribution in [3.05, 3.63) is 41.5 Å². The minimum absolute atomic E-state index is 0.290. The Balaban J connectivity index is 2.72. The molecule has 19 heavy (non-hydrogen) atoms. The molecule has 0 atom stereocenters. The molecule has 0 aliphatic heterocycles. The first-order valence-electron chi connectivity index (χ1n) is 5.58. The van der Waals surface area contributed by atoms with Gasteiger partial charge in [0.05, 0.1) is 12.7 Å². The Morgan fingerprint density at radius 2 is 1.63 bits per heavy atom. The zero-order valence-corrected chi connectivity index (χ0v) is 11.1. The van der Waals surface area contributed by atoms with E-state index in [1.165, 1.54) is 27.4 Å². The molecule has 0 aliphatic rings. The van der Waals surface area contributed by atoms with Crippen LogP contribution in [0.3, 0.4) is 0 Å². The van der Waals surface area contributed by atoms with Crippen LogP contribution < -0.4 is 0 Å². The van der Waals surface area contributed by atoms with Crippen molar-refractivity contribution in [2.24, 2.45) is 0 Å². The van der Waals surface area contributed by atoms with Crippen LogP contribution in [0.15, 0.2) is 30.3 Å². The van der Waals surface area contributed by atoms with E-state index in [9.17, 15) is 9.59 Å². The summed E-state index contributed by atoms with van der Waals surface area (Å²) < 4.78 is 14.3. The van der Waals surface area contributed by atoms with Crippen molar-refractivity contribution in [3.8, 4) is 0 Å². The average Bonchev–Trinajstić information content (AvgIpc) is 2.46. The zero-order chi connectivity index (χ0) is 14.3. The van der Waals surface area contributed by atoms with Crippen LogP contribution >= 0.6 is 0 Å². The van der Waals surface area contributed by atoms with Gasteiger partial charge >= 0.3 is 5.97 Å². The van der Waals surface area contributed by atoms with Gasteiger partial charge in [0.2, 0.25) is 12.1 Å². The van der Waals surface area contributed by atoms with Crippen LogP contribution in [0.1, 0.15) is 15.9 Å². The lowest BCUT2D eigenvalue weighted by molar-refractivity contribution is -0.151. The predicted octanol–water partition coefficient (Wildman–Crippen LogP) is 1.67. The van der Waals surface area contributed by atoms with Crippen molar-refractivity contribution in [2.75, 3.05) is 21.3 Å². The Bertz CT molecular complexity index is 457. The van der Waals surface area contributed by atoms with Gasteiger partial charge in [0, 0.05) is 14.2 Å². The Kier molecular flexibility index (Phi) is 5.92. The number of hydrogen-bond acceptors (Lipinski definition) is 5. The average molecular weight is 264 g/mol. The van der Waals surface area contributed by atoms with E-state index in [0.717, 1.165) is 5.56 Å². The van der Waals surface area contributed by atoms with Gasteiger partial charge in [-0.15, -0.1) is 0 Å². The maximum absolute atomic E-state index is 11.6. The highest BCUT2D eigenvalue weighted by molar-refractivity contribution is 5.96. The topological polar surface area (TPSA) is 61.8 Å². The molecular formula is C14H16O5. The van der Waals surface area contributed by atoms with E-state index in [0.29, 0.717) is 5.56 Å². The standard InChI is InChI=1S/C14H16O5/c1-17-13(16)11-7-4-10(5-8-11)6-9-12(15)14(18-2)19-3/h4-9,14H,1-3H3/b9-6+. The molecule has 102 valence electrons. The van der Waals surface area contributed by atoms with Crippen LogP contribution in [0.25, 0.3) is 6.08 Å². The fraction of sp³-hybridized carbons (Fsp3) is 0.286. The molecular weight excluding hydrogens is 248 g/mol. The molecule has 0 fully saturated rings. The van der Waals surface area contributed by atoms with Crippen molar-refractivity contribution < 1.29 is 23.8 Å². The van der Waals surface area contributed by atoms with Crippen LogP contribution in [-0.4, -0.2) is 39.4 Å². The molecule has 0 N–H and O–H groups in total. The van der Waals surface area contributed by atoms with E-state index in [1.54, 1.807) is 30.3 Å². The van der Waals surface area contributed by atoms with Gasteiger partial charge in [-0.2, -0.15) is 0 Å². The molecule has 1 aromatic carbocycles. The number of ketones is 1. The minimum atomic E-state index is -0.898. The minimum Gasteiger partial charge on any atom is -0.465 e. The van der Waals surface area contributed by atoms with Gasteiger partial charge in [-0.25, -0.2) is 4.79 Å². The summed E-state index contributed by atoms with van der Waals surface area (Å²) in [5.41, 5.74) is 1.24. The smallest absolute Gasteiger partial charge is 0.337 e. The summed E-state index contributed by atoms with van der Waals surface area (Å²) in [5, 5.41) is 0. The molecule has 0 saturated heterocycles. The monoisotopic (exact) mass is 264 g/mol. The maximum atomic E-state index is 11.6. The summed E-state index contributed by atoms with van der Waals surface area (Å²) in [7, 11) is 4.11. The van der Waals surface area contributed by atoms with E-state index in [-0.39, 0.29) is 5.78 Å². The summed E-state index contributed by atoms with van der Waals surface area (Å²) in [4.78, 5) is 22.8. The van der Waals surface area contributed by atoms with Gasteiger partial charge in [0.15, 0.2) is 0 Å². The second-order valence-corrected chi connectivity index (χ2v) is 3.65. The lowest BCUT2D eigenvalue weighted by Crippen LogP contribution is -2.22. The van der Waals surface area contributed by atoms with Crippen LogP contribution in [0, 0.1) is 0 Å². The molecule has 0 saturated carbocycles. The Labute approximate surface area is 111 Å². The summed E-state index contributed by atoms with van der Waals surface area (Å²) in [6.45, 7) is 0. The second-order valence-electron chi connectivity index (χ2n) is 3.65. The van der Waals surface area contributed by atoms with Crippen molar-refractivity contribution in [1.29, 1.82) is 0 Å². The van der Waals surface area contributed by atoms with Crippen LogP contribution in [-0.2, 0) is 19.0 Å². The first-order valence-corrected chi connectivity index (χ1v) is 5.58. The third-order valence-corrected chi connectivity index (χ3v) is 2.43. The normalized spacial score (nSPS) is 10.9. The van der Waals surface area contributed by atoms with Crippen molar-refractivity contribution in [1.82, 2.24) is 0 Å². The third kappa shape index (κ3) is 4.31. The number of esters is 1. The van der Waals surface area contributed by atoms with Crippen LogP contribution in [0.5, 0.6) is 0 Å². The lowest BCUT2D eigenvalue weighted by Gasteiger charge is -2.08. The summed E-state index contributed by atoms with van der Waals surface area (Å²) in [6, 6.07) is 6.68. The zero-order valence-electron chi connectivity index (χ0n) is 11.1. The molecule has 1 rings (SSSR count). The number of hydrogen-bond donors (Lipinski definition) is 0. The summed E-state index contributed by atoms with van der Waals surface area (Å²) in [5.74, 6) is -0.688. The Morgan fingerprint density at radius 3 is 2.11 bits per heavy atom. The molecule has 0 aromatic heterocycles. The molecule has 0 amide bonds. The fourth-order valence-corrected chi connectivity index (χ4v) is 1.43. The molecule has 0 heterocycles. The van der Waals surface area contributed by atoms with Gasteiger partial charge in [-0.3, -0.25) is 4.79 Å². The molecule has 0 radical (unpaired) electrons. The first kappa shape index (κ1) is 15.1. The van der Waals surface area contributed by atoms with E-state index in [2.05, 4.69) is 4.74 Å². The number of carbonyl (C=O) groups is 2. The highest BCUT2D eigenvalue weighted by Gasteiger charge is 2.12. The molecule has 5 heteroatoms. The fourth-order valence-electron chi connectivity index (χ4n) is 1.43. The van der Waals surface area contributed by atoms with Crippen LogP contribution in [0.2, 0.25) is 0 Å². The number of carbonyl (C=O) groups excluding carboxylic acids is 2. The highest BCUT2D eigenvalue weighted by atomic mass is 16.7. The van der Waals surface area contributed by atoms with Gasteiger partial charge < -0.3 is 14.2 Å². The summed E-state index contributed by atoms with van der Waals surface area (Å²) in [6.07, 6.45) is 2.09. The van der Waals surface area contributed by atoms with Gasteiger partial charge in [0.1, 0.15) is 0 Å². The SMILES string of the molecule is COC(=O)c1ccc(/C=C/C(=O)C(OC)OC)cc1. The number of methoxy groups -OCH3 is 3. The van der Waals surface area contributed by atoms with E-state index in [1.807, 2.05) is 0 Å². The summed E-state index contributed by atoms with van der Waals surface area (Å²) >= 11 is 0. The first-order chi connectivity index (χ1) is 9.12. The predicted molar refractivity (Wildman–Crippen MR) is 69.6 cm³/mol. The van der Waals surface area contributed by atoms with Gasteiger partial charge in [0.25, 0.3) is 0 Å². The Hall–Kier alpha value is -1.98. The van der Waals surface area contributed by atoms with E-state index < -0.39 is 12.3 Å². The molecule has 0 unspecified atom stereocenters. The van der Waals surface area contributed by atoms with Crippen LogP contribution in [0.4, 0.5) is 0 Å². The number of benzene rings is 1. The van der Waals surface area contributed by atoms with Gasteiger partial charge in [-0.1, -0.05) is 18.2 Å². The van der Waals surface area contributed by atoms with Gasteiger partial charge in [-0.05, 0) is 23.8 Å². The molecule has 5 nitrogen and oxygen atoms in total. The molecule has 1 aromatic rings. The Morgan fingerprint density at radius 1 is 1.05 bits per heavy atom. The number of rotatable bonds is 6. The van der Waals surface area contributed by atoms with E-state index >= 15 is 0 Å².